The van der Waals surface area contributed by atoms with Crippen molar-refractivity contribution in [1.82, 2.24) is 9.97 Å². The molecule has 2 aromatic carbocycles. The lowest BCUT2D eigenvalue weighted by molar-refractivity contribution is -0.0611. The molecule has 3 heterocycles. The number of aromatic nitrogens is 2. The second kappa shape index (κ2) is 17.6. The number of rotatable bonds is 10. The number of Topliss-reactive ketones (excluding diaryl/α,β-unsaturated/α-hetero) is 2. The molecular formula is C55H70N2O4. The van der Waals surface area contributed by atoms with Gasteiger partial charge in [0, 0.05) is 47.8 Å². The number of ether oxygens (including phenoxy) is 1. The van der Waals surface area contributed by atoms with Gasteiger partial charge in [-0.1, -0.05) is 64.1 Å². The second-order valence-corrected chi connectivity index (χ2v) is 20.3. The standard InChI is InChI=1S/C29H39NO2.C26H31NO2/c1-5-29-14-13-28(32,18-20(2)3)19-25(29)10-6-8-23-16-24(11-12-26(23)29)27(31)17-22-9-7-15-30-21(22)4;1-3-26-12-11-25(17-29-25)16-22(26)8-4-6-20-14-21(9-10-23(20)26)24(28)15-19-7-5-13-27-18(19)2/h7,9,11-12,15-16,20,25,32H,5-6,8,10,13-14,17-19H2,1-4H3;5,7,9-10,13-14,22H,3-4,6,8,11-12,15-17H2,1-2H3/t25-,28-,29+;22-,25+,26+/m00/s1. The van der Waals surface area contributed by atoms with Crippen molar-refractivity contribution in [2.75, 3.05) is 6.61 Å². The molecule has 61 heavy (non-hydrogen) atoms. The third kappa shape index (κ3) is 8.83. The van der Waals surface area contributed by atoms with Gasteiger partial charge in [0.05, 0.1) is 17.8 Å². The molecule has 324 valence electrons. The van der Waals surface area contributed by atoms with Crippen molar-refractivity contribution < 1.29 is 19.4 Å². The number of aryl methyl sites for hydroxylation is 4. The zero-order chi connectivity index (χ0) is 43.0. The van der Waals surface area contributed by atoms with Crippen molar-refractivity contribution in [2.24, 2.45) is 17.8 Å². The topological polar surface area (TPSA) is 92.7 Å². The van der Waals surface area contributed by atoms with Crippen LogP contribution in [0.15, 0.2) is 73.1 Å². The molecule has 0 amide bonds. The zero-order valence-electron chi connectivity index (χ0n) is 38.0. The number of nitrogens with zero attached hydrogens (tertiary/aromatic N) is 2. The Kier molecular flexibility index (Phi) is 12.6. The number of carbonyl (C=O) groups is 2. The van der Waals surface area contributed by atoms with Crippen molar-refractivity contribution in [3.63, 3.8) is 0 Å². The minimum absolute atomic E-state index is 0.135. The number of hydrogen-bond acceptors (Lipinski definition) is 6. The van der Waals surface area contributed by atoms with Crippen molar-refractivity contribution in [3.05, 3.63) is 129 Å². The van der Waals surface area contributed by atoms with Crippen LogP contribution in [0, 0.1) is 31.6 Å². The molecule has 1 N–H and O–H groups in total. The van der Waals surface area contributed by atoms with Crippen LogP contribution < -0.4 is 0 Å². The van der Waals surface area contributed by atoms with Crippen LogP contribution in [0.2, 0.25) is 0 Å². The van der Waals surface area contributed by atoms with Gasteiger partial charge in [-0.05, 0) is 196 Å². The van der Waals surface area contributed by atoms with Gasteiger partial charge in [0.25, 0.3) is 0 Å². The van der Waals surface area contributed by atoms with E-state index in [9.17, 15) is 14.7 Å². The van der Waals surface area contributed by atoms with E-state index in [4.69, 9.17) is 4.74 Å². The molecule has 4 aliphatic carbocycles. The summed E-state index contributed by atoms with van der Waals surface area (Å²) in [6, 6.07) is 20.9. The van der Waals surface area contributed by atoms with Gasteiger partial charge < -0.3 is 9.84 Å². The van der Waals surface area contributed by atoms with Crippen molar-refractivity contribution >= 4 is 11.6 Å². The van der Waals surface area contributed by atoms with E-state index in [-0.39, 0.29) is 28.0 Å². The maximum atomic E-state index is 13.1. The maximum Gasteiger partial charge on any atom is 0.167 e. The van der Waals surface area contributed by atoms with Gasteiger partial charge in [0.1, 0.15) is 0 Å². The van der Waals surface area contributed by atoms with Gasteiger partial charge in [-0.15, -0.1) is 0 Å². The smallest absolute Gasteiger partial charge is 0.167 e. The SMILES string of the molecule is CC[C@@]12CC[C@](O)(CC(C)C)C[C@@H]1CCCc1cc(C(=O)Cc3cccnc3C)ccc12.CC[C@@]12CC[C@]3(CO3)C[C@@H]1CCCc1cc(C(=O)Cc3cccnc3C)ccc12. The highest BCUT2D eigenvalue weighted by Gasteiger charge is 2.56. The van der Waals surface area contributed by atoms with Crippen LogP contribution in [0.3, 0.4) is 0 Å². The first-order valence-electron chi connectivity index (χ1n) is 23.8. The van der Waals surface area contributed by atoms with Crippen molar-refractivity contribution in [3.8, 4) is 0 Å². The predicted octanol–water partition coefficient (Wildman–Crippen LogP) is 11.7. The molecule has 0 bridgehead atoms. The van der Waals surface area contributed by atoms with Gasteiger partial charge in [-0.3, -0.25) is 19.6 Å². The Hall–Kier alpha value is -4.00. The van der Waals surface area contributed by atoms with Gasteiger partial charge in [-0.2, -0.15) is 0 Å². The maximum absolute atomic E-state index is 13.1. The van der Waals surface area contributed by atoms with Gasteiger partial charge in [0.2, 0.25) is 0 Å². The molecule has 5 aliphatic rings. The van der Waals surface area contributed by atoms with E-state index >= 15 is 0 Å². The number of aliphatic hydroxyl groups is 1. The Labute approximate surface area is 365 Å². The molecule has 0 radical (unpaired) electrons. The van der Waals surface area contributed by atoms with E-state index in [0.29, 0.717) is 30.6 Å². The van der Waals surface area contributed by atoms with Crippen LogP contribution in [0.1, 0.15) is 177 Å². The number of carbonyl (C=O) groups excluding carboxylic acids is 2. The van der Waals surface area contributed by atoms with Gasteiger partial charge in [-0.25, -0.2) is 0 Å². The second-order valence-electron chi connectivity index (χ2n) is 20.3. The first-order valence-corrected chi connectivity index (χ1v) is 23.8. The summed E-state index contributed by atoms with van der Waals surface area (Å²) >= 11 is 0. The third-order valence-electron chi connectivity index (χ3n) is 16.3. The Balaban J connectivity index is 0.000000169. The Morgan fingerprint density at radius 2 is 1.21 bits per heavy atom. The summed E-state index contributed by atoms with van der Waals surface area (Å²) in [5.41, 5.74) is 11.4. The molecule has 0 unspecified atom stereocenters. The Bertz CT molecular complexity index is 2240. The summed E-state index contributed by atoms with van der Waals surface area (Å²) in [6.45, 7) is 14.0. The first-order chi connectivity index (χ1) is 29.3. The van der Waals surface area contributed by atoms with Crippen LogP contribution in [0.4, 0.5) is 0 Å². The van der Waals surface area contributed by atoms with Crippen LogP contribution in [0.25, 0.3) is 0 Å². The lowest BCUT2D eigenvalue weighted by atomic mass is 9.56. The lowest BCUT2D eigenvalue weighted by Gasteiger charge is -2.50. The Morgan fingerprint density at radius 1 is 0.721 bits per heavy atom. The lowest BCUT2D eigenvalue weighted by Crippen LogP contribution is -2.48. The largest absolute Gasteiger partial charge is 0.390 e. The molecule has 1 saturated heterocycles. The average molecular weight is 823 g/mol. The zero-order valence-corrected chi connectivity index (χ0v) is 38.0. The Morgan fingerprint density at radius 3 is 1.67 bits per heavy atom. The highest BCUT2D eigenvalue weighted by molar-refractivity contribution is 5.98. The van der Waals surface area contributed by atoms with E-state index in [1.165, 1.54) is 67.2 Å². The highest BCUT2D eigenvalue weighted by Crippen LogP contribution is 2.58. The summed E-state index contributed by atoms with van der Waals surface area (Å²) in [5.74, 6) is 2.12. The molecule has 1 spiro atoms. The number of pyridine rings is 2. The molecule has 2 saturated carbocycles. The van der Waals surface area contributed by atoms with Crippen LogP contribution in [-0.2, 0) is 41.3 Å². The molecule has 4 aromatic rings. The minimum atomic E-state index is -0.514. The number of benzene rings is 2. The van der Waals surface area contributed by atoms with E-state index in [2.05, 4.69) is 74.1 Å². The normalized spacial score (nSPS) is 28.9. The van der Waals surface area contributed by atoms with Crippen molar-refractivity contribution in [1.29, 1.82) is 0 Å². The van der Waals surface area contributed by atoms with E-state index in [0.717, 1.165) is 91.6 Å². The minimum Gasteiger partial charge on any atom is -0.390 e. The van der Waals surface area contributed by atoms with Gasteiger partial charge in [0.15, 0.2) is 11.6 Å². The fourth-order valence-corrected chi connectivity index (χ4v) is 12.9. The molecule has 6 atom stereocenters. The van der Waals surface area contributed by atoms with Crippen LogP contribution in [0.5, 0.6) is 0 Å². The molecule has 2 aromatic heterocycles. The average Bonchev–Trinajstić information content (AvgIpc) is 4.05. The van der Waals surface area contributed by atoms with E-state index < -0.39 is 5.60 Å². The molecule has 9 rings (SSSR count). The monoisotopic (exact) mass is 823 g/mol. The number of fused-ring (bicyclic) bond motifs is 6. The molecule has 6 heteroatoms. The van der Waals surface area contributed by atoms with Crippen molar-refractivity contribution in [2.45, 2.75) is 173 Å². The van der Waals surface area contributed by atoms with Crippen LogP contribution >= 0.6 is 0 Å². The summed E-state index contributed by atoms with van der Waals surface area (Å²) < 4.78 is 5.87. The number of ketones is 2. The summed E-state index contributed by atoms with van der Waals surface area (Å²) in [6.07, 6.45) is 21.0. The summed E-state index contributed by atoms with van der Waals surface area (Å²) in [5, 5.41) is 11.4. The summed E-state index contributed by atoms with van der Waals surface area (Å²) in [4.78, 5) is 34.8. The van der Waals surface area contributed by atoms with Gasteiger partial charge >= 0.3 is 0 Å². The molecular weight excluding hydrogens is 753 g/mol. The predicted molar refractivity (Wildman–Crippen MR) is 244 cm³/mol. The fourth-order valence-electron chi connectivity index (χ4n) is 12.9. The first kappa shape index (κ1) is 43.6. The third-order valence-corrected chi connectivity index (χ3v) is 16.3. The number of hydrogen-bond donors (Lipinski definition) is 1. The fraction of sp³-hybridized carbons (Fsp3) is 0.564. The van der Waals surface area contributed by atoms with E-state index in [1.54, 1.807) is 12.4 Å². The molecule has 1 aliphatic heterocycles. The van der Waals surface area contributed by atoms with Crippen LogP contribution in [-0.4, -0.2) is 44.4 Å². The molecule has 3 fully saturated rings. The quantitative estimate of drug-likeness (QED) is 0.126. The molecule has 6 nitrogen and oxygen atoms in total. The highest BCUT2D eigenvalue weighted by atomic mass is 16.6. The van der Waals surface area contributed by atoms with E-state index in [1.807, 2.05) is 38.1 Å². The summed E-state index contributed by atoms with van der Waals surface area (Å²) in [7, 11) is 0. The number of epoxide rings is 1.